The molecule has 0 saturated carbocycles. The fourth-order valence-electron chi connectivity index (χ4n) is 1.77. The Labute approximate surface area is 118 Å². The summed E-state index contributed by atoms with van der Waals surface area (Å²) in [6.07, 6.45) is 0. The molecule has 9 heteroatoms. The lowest BCUT2D eigenvalue weighted by molar-refractivity contribution is 0.434. The maximum Gasteiger partial charge on any atom is 0.246 e. The standard InChI is InChI=1S/C10H12ClFN2O3S2/c11-8-5-7(13)6-9(10(8)12)19(16,17)14-1-3-18(15)4-2-14/h5-6H,1-4,13H2. The van der Waals surface area contributed by atoms with Crippen molar-refractivity contribution in [3.63, 3.8) is 0 Å². The van der Waals surface area contributed by atoms with Gasteiger partial charge in [0.25, 0.3) is 0 Å². The molecule has 0 bridgehead atoms. The molecule has 1 saturated heterocycles. The van der Waals surface area contributed by atoms with Gasteiger partial charge in [-0.15, -0.1) is 0 Å². The largest absolute Gasteiger partial charge is 0.399 e. The Bertz CT molecular complexity index is 626. The van der Waals surface area contributed by atoms with Gasteiger partial charge in [0.15, 0.2) is 5.82 Å². The number of hydrogen-bond donors (Lipinski definition) is 1. The van der Waals surface area contributed by atoms with Crippen LogP contribution in [-0.4, -0.2) is 41.5 Å². The van der Waals surface area contributed by atoms with Crippen LogP contribution in [-0.2, 0) is 20.8 Å². The first-order valence-corrected chi connectivity index (χ1v) is 8.72. The highest BCUT2D eigenvalue weighted by atomic mass is 35.5. The Hall–Kier alpha value is -0.700. The van der Waals surface area contributed by atoms with Crippen molar-refractivity contribution in [1.82, 2.24) is 4.31 Å². The number of sulfonamides is 1. The van der Waals surface area contributed by atoms with Crippen LogP contribution in [0.1, 0.15) is 0 Å². The predicted molar refractivity (Wildman–Crippen MR) is 72.5 cm³/mol. The van der Waals surface area contributed by atoms with Crippen molar-refractivity contribution in [3.8, 4) is 0 Å². The van der Waals surface area contributed by atoms with E-state index in [2.05, 4.69) is 0 Å². The molecule has 0 amide bonds. The quantitative estimate of drug-likeness (QED) is 0.816. The molecule has 5 nitrogen and oxygen atoms in total. The molecular weight excluding hydrogens is 315 g/mol. The molecule has 1 aliphatic rings. The van der Waals surface area contributed by atoms with Crippen LogP contribution in [0, 0.1) is 5.82 Å². The topological polar surface area (TPSA) is 80.5 Å². The smallest absolute Gasteiger partial charge is 0.246 e. The molecular formula is C10H12ClFN2O3S2. The van der Waals surface area contributed by atoms with Crippen molar-refractivity contribution in [1.29, 1.82) is 0 Å². The fourth-order valence-corrected chi connectivity index (χ4v) is 4.90. The van der Waals surface area contributed by atoms with Crippen molar-refractivity contribution in [2.45, 2.75) is 4.90 Å². The van der Waals surface area contributed by atoms with Crippen molar-refractivity contribution >= 4 is 38.1 Å². The number of nitrogens with two attached hydrogens (primary N) is 1. The van der Waals surface area contributed by atoms with Gasteiger partial charge in [0, 0.05) is 41.1 Å². The van der Waals surface area contributed by atoms with E-state index in [1.807, 2.05) is 0 Å². The molecule has 1 aromatic rings. The minimum absolute atomic E-state index is 0.0746. The summed E-state index contributed by atoms with van der Waals surface area (Å²) >= 11 is 5.60. The van der Waals surface area contributed by atoms with Crippen molar-refractivity contribution in [3.05, 3.63) is 23.0 Å². The number of halogens is 2. The summed E-state index contributed by atoms with van der Waals surface area (Å²) in [5.74, 6) is -0.518. The van der Waals surface area contributed by atoms with Gasteiger partial charge in [0.05, 0.1) is 5.02 Å². The molecule has 0 radical (unpaired) electrons. The molecule has 1 heterocycles. The summed E-state index contributed by atoms with van der Waals surface area (Å²) in [5, 5.41) is -0.334. The van der Waals surface area contributed by atoms with Crippen molar-refractivity contribution in [2.24, 2.45) is 0 Å². The molecule has 19 heavy (non-hydrogen) atoms. The molecule has 2 N–H and O–H groups in total. The van der Waals surface area contributed by atoms with Gasteiger partial charge in [-0.2, -0.15) is 4.31 Å². The lowest BCUT2D eigenvalue weighted by Crippen LogP contribution is -2.42. The summed E-state index contributed by atoms with van der Waals surface area (Å²) < 4.78 is 50.8. The van der Waals surface area contributed by atoms with Crippen LogP contribution in [0.2, 0.25) is 5.02 Å². The first-order valence-electron chi connectivity index (χ1n) is 5.42. The van der Waals surface area contributed by atoms with Gasteiger partial charge in [0.2, 0.25) is 10.0 Å². The molecule has 0 aromatic heterocycles. The van der Waals surface area contributed by atoms with E-state index >= 15 is 0 Å². The highest BCUT2D eigenvalue weighted by Gasteiger charge is 2.31. The number of hydrogen-bond acceptors (Lipinski definition) is 4. The SMILES string of the molecule is Nc1cc(Cl)c(F)c(S(=O)(=O)N2CCS(=O)CC2)c1. The van der Waals surface area contributed by atoms with Gasteiger partial charge < -0.3 is 5.73 Å². The summed E-state index contributed by atoms with van der Waals surface area (Å²) in [5.41, 5.74) is 5.57. The minimum atomic E-state index is -4.00. The van der Waals surface area contributed by atoms with Crippen LogP contribution in [0.15, 0.2) is 17.0 Å². The summed E-state index contributed by atoms with van der Waals surface area (Å²) in [6, 6.07) is 2.20. The fraction of sp³-hybridized carbons (Fsp3) is 0.400. The van der Waals surface area contributed by atoms with E-state index in [1.165, 1.54) is 0 Å². The van der Waals surface area contributed by atoms with E-state index in [0.29, 0.717) is 0 Å². The lowest BCUT2D eigenvalue weighted by atomic mass is 10.3. The molecule has 2 rings (SSSR count). The van der Waals surface area contributed by atoms with Crippen molar-refractivity contribution in [2.75, 3.05) is 30.3 Å². The lowest BCUT2D eigenvalue weighted by Gasteiger charge is -2.25. The third-order valence-corrected chi connectivity index (χ3v) is 6.22. The molecule has 106 valence electrons. The van der Waals surface area contributed by atoms with Crippen LogP contribution >= 0.6 is 11.6 Å². The second kappa shape index (κ2) is 5.35. The maximum absolute atomic E-state index is 13.9. The Kier molecular flexibility index (Phi) is 4.14. The number of nitrogens with zero attached hydrogens (tertiary/aromatic N) is 1. The molecule has 0 spiro atoms. The Morgan fingerprint density at radius 1 is 1.32 bits per heavy atom. The van der Waals surface area contributed by atoms with Gasteiger partial charge in [0.1, 0.15) is 4.90 Å². The second-order valence-corrected chi connectivity index (χ2v) is 8.08. The Balaban J connectivity index is 2.42. The third-order valence-electron chi connectivity index (χ3n) is 2.77. The zero-order valence-corrected chi connectivity index (χ0v) is 12.2. The molecule has 1 fully saturated rings. The Morgan fingerprint density at radius 2 is 1.89 bits per heavy atom. The monoisotopic (exact) mass is 326 g/mol. The third kappa shape index (κ3) is 2.91. The first-order chi connectivity index (χ1) is 8.82. The van der Waals surface area contributed by atoms with Crippen LogP contribution < -0.4 is 5.73 Å². The number of rotatable bonds is 2. The van der Waals surface area contributed by atoms with E-state index in [9.17, 15) is 17.0 Å². The van der Waals surface area contributed by atoms with E-state index < -0.39 is 31.5 Å². The van der Waals surface area contributed by atoms with Crippen molar-refractivity contribution < 1.29 is 17.0 Å². The highest BCUT2D eigenvalue weighted by molar-refractivity contribution is 7.89. The summed E-state index contributed by atoms with van der Waals surface area (Å²) in [4.78, 5) is -0.537. The zero-order valence-electron chi connectivity index (χ0n) is 9.80. The van der Waals surface area contributed by atoms with Crippen LogP contribution in [0.5, 0.6) is 0 Å². The van der Waals surface area contributed by atoms with E-state index in [-0.39, 0.29) is 35.3 Å². The van der Waals surface area contributed by atoms with Crippen LogP contribution in [0.3, 0.4) is 0 Å². The normalized spacial score (nSPS) is 18.6. The second-order valence-electron chi connectivity index (χ2n) is 4.07. The van der Waals surface area contributed by atoms with Gasteiger partial charge in [-0.3, -0.25) is 4.21 Å². The van der Waals surface area contributed by atoms with E-state index in [1.54, 1.807) is 0 Å². The number of anilines is 1. The molecule has 0 unspecified atom stereocenters. The molecule has 0 atom stereocenters. The van der Waals surface area contributed by atoms with E-state index in [0.717, 1.165) is 16.4 Å². The van der Waals surface area contributed by atoms with Crippen LogP contribution in [0.4, 0.5) is 10.1 Å². The van der Waals surface area contributed by atoms with E-state index in [4.69, 9.17) is 17.3 Å². The highest BCUT2D eigenvalue weighted by Crippen LogP contribution is 2.28. The predicted octanol–water partition coefficient (Wildman–Crippen LogP) is 0.814. The zero-order chi connectivity index (χ0) is 14.2. The van der Waals surface area contributed by atoms with Gasteiger partial charge in [-0.25, -0.2) is 12.8 Å². The van der Waals surface area contributed by atoms with Gasteiger partial charge in [-0.1, -0.05) is 11.6 Å². The summed E-state index contributed by atoms with van der Waals surface area (Å²) in [6.45, 7) is 0.196. The van der Waals surface area contributed by atoms with Gasteiger partial charge in [-0.05, 0) is 12.1 Å². The number of nitrogen functional groups attached to an aromatic ring is 1. The first kappa shape index (κ1) is 14.7. The maximum atomic E-state index is 13.9. The average molecular weight is 327 g/mol. The molecule has 0 aliphatic carbocycles. The Morgan fingerprint density at radius 3 is 2.47 bits per heavy atom. The number of benzene rings is 1. The van der Waals surface area contributed by atoms with Gasteiger partial charge >= 0.3 is 0 Å². The minimum Gasteiger partial charge on any atom is -0.399 e. The van der Waals surface area contributed by atoms with Crippen LogP contribution in [0.25, 0.3) is 0 Å². The molecule has 1 aliphatic heterocycles. The average Bonchev–Trinajstić information content (AvgIpc) is 2.34. The molecule has 1 aromatic carbocycles. The summed E-state index contributed by atoms with van der Waals surface area (Å²) in [7, 11) is -5.02.